The number of benzene rings is 4. The van der Waals surface area contributed by atoms with Crippen LogP contribution in [0.1, 0.15) is 36.1 Å². The molecule has 0 aromatic heterocycles. The minimum Gasteiger partial charge on any atom is -0.310 e. The van der Waals surface area contributed by atoms with Gasteiger partial charge in [-0.2, -0.15) is 0 Å². The van der Waals surface area contributed by atoms with E-state index in [-0.39, 0.29) is 5.41 Å². The molecule has 0 saturated carbocycles. The van der Waals surface area contributed by atoms with Crippen LogP contribution in [0.5, 0.6) is 0 Å². The van der Waals surface area contributed by atoms with Crippen LogP contribution in [0.25, 0.3) is 11.1 Å². The highest BCUT2D eigenvalue weighted by molar-refractivity contribution is 5.90. The van der Waals surface area contributed by atoms with E-state index in [9.17, 15) is 0 Å². The van der Waals surface area contributed by atoms with Gasteiger partial charge in [0, 0.05) is 11.1 Å². The molecule has 140 valence electrons. The summed E-state index contributed by atoms with van der Waals surface area (Å²) in [6.07, 6.45) is 1.03. The van der Waals surface area contributed by atoms with Crippen molar-refractivity contribution in [1.29, 1.82) is 0 Å². The zero-order valence-corrected chi connectivity index (χ0v) is 16.8. The lowest BCUT2D eigenvalue weighted by molar-refractivity contribution is 0.631. The quantitative estimate of drug-likeness (QED) is 0.296. The largest absolute Gasteiger partial charge is 0.310 e. The Morgan fingerprint density at radius 3 is 2.21 bits per heavy atom. The third-order valence-corrected chi connectivity index (χ3v) is 6.66. The van der Waals surface area contributed by atoms with Crippen LogP contribution < -0.4 is 4.90 Å². The summed E-state index contributed by atoms with van der Waals surface area (Å²) in [5.74, 6) is 0. The van der Waals surface area contributed by atoms with Crippen LogP contribution in [0.3, 0.4) is 0 Å². The monoisotopic (exact) mass is 373 g/mol. The van der Waals surface area contributed by atoms with Crippen molar-refractivity contribution in [2.75, 3.05) is 4.90 Å². The van der Waals surface area contributed by atoms with E-state index in [1.807, 2.05) is 0 Å². The smallest absolute Gasteiger partial charge is 0.0509 e. The maximum atomic E-state index is 2.47. The van der Waals surface area contributed by atoms with Gasteiger partial charge in [-0.25, -0.2) is 0 Å². The molecule has 0 atom stereocenters. The first-order valence-corrected chi connectivity index (χ1v) is 10.3. The van der Waals surface area contributed by atoms with Crippen LogP contribution in [0.2, 0.25) is 0 Å². The molecule has 1 heterocycles. The van der Waals surface area contributed by atoms with Gasteiger partial charge < -0.3 is 4.90 Å². The topological polar surface area (TPSA) is 3.24 Å². The summed E-state index contributed by atoms with van der Waals surface area (Å²) in [6.45, 7) is 4.73. The van der Waals surface area contributed by atoms with Crippen molar-refractivity contribution >= 4 is 17.1 Å². The minimum absolute atomic E-state index is 0.0407. The lowest BCUT2D eigenvalue weighted by Crippen LogP contribution is -2.30. The zero-order valence-electron chi connectivity index (χ0n) is 16.8. The molecule has 1 nitrogen and oxygen atoms in total. The average Bonchev–Trinajstić information content (AvgIpc) is 3.12. The van der Waals surface area contributed by atoms with Gasteiger partial charge in [0.2, 0.25) is 0 Å². The van der Waals surface area contributed by atoms with Crippen LogP contribution in [-0.2, 0) is 11.8 Å². The van der Waals surface area contributed by atoms with Gasteiger partial charge in [-0.05, 0) is 64.1 Å². The second kappa shape index (κ2) is 5.84. The fraction of sp³-hybridized carbons (Fsp3) is 0.143. The normalized spacial score (nSPS) is 15.3. The van der Waals surface area contributed by atoms with E-state index in [2.05, 4.69) is 110 Å². The molecule has 2 aliphatic rings. The SMILES string of the molecule is CC1(C)c2ccccc2N(c2ccccc2)c2cc3c(cc21)Cc1ccccc1-3. The molecular weight excluding hydrogens is 350 g/mol. The number of rotatable bonds is 1. The maximum Gasteiger partial charge on any atom is 0.0509 e. The number of anilines is 3. The van der Waals surface area contributed by atoms with Crippen molar-refractivity contribution in [1.82, 2.24) is 0 Å². The Labute approximate surface area is 172 Å². The predicted octanol–water partition coefficient (Wildman–Crippen LogP) is 7.37. The van der Waals surface area contributed by atoms with Crippen LogP contribution >= 0.6 is 0 Å². The van der Waals surface area contributed by atoms with Gasteiger partial charge in [0.05, 0.1) is 11.4 Å². The van der Waals surface area contributed by atoms with E-state index in [4.69, 9.17) is 0 Å². The molecule has 0 N–H and O–H groups in total. The summed E-state index contributed by atoms with van der Waals surface area (Å²) < 4.78 is 0. The summed E-state index contributed by atoms with van der Waals surface area (Å²) in [6, 6.07) is 33.4. The Kier molecular flexibility index (Phi) is 3.35. The summed E-state index contributed by atoms with van der Waals surface area (Å²) in [7, 11) is 0. The Morgan fingerprint density at radius 1 is 0.621 bits per heavy atom. The Balaban J connectivity index is 1.67. The highest BCUT2D eigenvalue weighted by Crippen LogP contribution is 2.54. The van der Waals surface area contributed by atoms with Crippen molar-refractivity contribution in [3.8, 4) is 11.1 Å². The molecule has 0 unspecified atom stereocenters. The predicted molar refractivity (Wildman–Crippen MR) is 121 cm³/mol. The van der Waals surface area contributed by atoms with E-state index in [1.165, 1.54) is 50.4 Å². The van der Waals surface area contributed by atoms with Crippen molar-refractivity contribution in [3.63, 3.8) is 0 Å². The van der Waals surface area contributed by atoms with Gasteiger partial charge in [-0.3, -0.25) is 0 Å². The van der Waals surface area contributed by atoms with Crippen LogP contribution in [-0.4, -0.2) is 0 Å². The number of fused-ring (bicyclic) bond motifs is 5. The van der Waals surface area contributed by atoms with Crippen LogP contribution in [0.4, 0.5) is 17.1 Å². The molecule has 0 spiro atoms. The number of hydrogen-bond acceptors (Lipinski definition) is 1. The first-order valence-electron chi connectivity index (χ1n) is 10.3. The van der Waals surface area contributed by atoms with Gasteiger partial charge in [0.25, 0.3) is 0 Å². The van der Waals surface area contributed by atoms with E-state index in [1.54, 1.807) is 0 Å². The molecule has 0 radical (unpaired) electrons. The van der Waals surface area contributed by atoms with Crippen LogP contribution in [0, 0.1) is 0 Å². The molecule has 0 bridgehead atoms. The lowest BCUT2D eigenvalue weighted by Gasteiger charge is -2.42. The fourth-order valence-corrected chi connectivity index (χ4v) is 5.19. The Bertz CT molecular complexity index is 1250. The van der Waals surface area contributed by atoms with Crippen molar-refractivity contribution in [2.45, 2.75) is 25.7 Å². The Morgan fingerprint density at radius 2 is 1.34 bits per heavy atom. The molecule has 0 saturated heterocycles. The second-order valence-corrected chi connectivity index (χ2v) is 8.67. The van der Waals surface area contributed by atoms with E-state index in [0.29, 0.717) is 0 Å². The molecule has 1 heteroatoms. The molecule has 4 aromatic rings. The standard InChI is InChI=1S/C28H23N/c1-28(2)24-14-8-9-15-26(24)29(21-11-4-3-5-12-21)27-18-23-20(17-25(27)28)16-19-10-6-7-13-22(19)23/h3-15,17-18H,16H2,1-2H3. The highest BCUT2D eigenvalue weighted by Gasteiger charge is 2.38. The maximum absolute atomic E-state index is 2.47. The molecular formula is C28H23N. The van der Waals surface area contributed by atoms with Crippen molar-refractivity contribution in [3.05, 3.63) is 113 Å². The number of hydrogen-bond donors (Lipinski definition) is 0. The van der Waals surface area contributed by atoms with E-state index in [0.717, 1.165) is 6.42 Å². The lowest BCUT2D eigenvalue weighted by atomic mass is 9.72. The van der Waals surface area contributed by atoms with Gasteiger partial charge >= 0.3 is 0 Å². The first kappa shape index (κ1) is 16.6. The fourth-order valence-electron chi connectivity index (χ4n) is 5.19. The summed E-state index contributed by atoms with van der Waals surface area (Å²) in [4.78, 5) is 2.44. The molecule has 1 aliphatic heterocycles. The van der Waals surface area contributed by atoms with E-state index >= 15 is 0 Å². The van der Waals surface area contributed by atoms with Crippen LogP contribution in [0.15, 0.2) is 91.0 Å². The van der Waals surface area contributed by atoms with Crippen molar-refractivity contribution < 1.29 is 0 Å². The summed E-state index contributed by atoms with van der Waals surface area (Å²) >= 11 is 0. The summed E-state index contributed by atoms with van der Waals surface area (Å²) in [5, 5.41) is 0. The molecule has 4 aromatic carbocycles. The van der Waals surface area contributed by atoms with Crippen molar-refractivity contribution in [2.24, 2.45) is 0 Å². The molecule has 0 fully saturated rings. The average molecular weight is 373 g/mol. The third kappa shape index (κ3) is 2.28. The number of para-hydroxylation sites is 2. The Hall–Kier alpha value is -3.32. The zero-order chi connectivity index (χ0) is 19.6. The van der Waals surface area contributed by atoms with Gasteiger partial charge in [-0.15, -0.1) is 0 Å². The minimum atomic E-state index is -0.0407. The van der Waals surface area contributed by atoms with E-state index < -0.39 is 0 Å². The first-order chi connectivity index (χ1) is 14.1. The third-order valence-electron chi connectivity index (χ3n) is 6.66. The van der Waals surface area contributed by atoms with Gasteiger partial charge in [0.1, 0.15) is 0 Å². The summed E-state index contributed by atoms with van der Waals surface area (Å²) in [5.41, 5.74) is 12.2. The van der Waals surface area contributed by atoms with Gasteiger partial charge in [0.15, 0.2) is 0 Å². The molecule has 0 amide bonds. The second-order valence-electron chi connectivity index (χ2n) is 8.67. The van der Waals surface area contributed by atoms with Gasteiger partial charge in [-0.1, -0.05) is 80.6 Å². The highest BCUT2D eigenvalue weighted by atomic mass is 15.2. The molecule has 6 rings (SSSR count). The molecule has 1 aliphatic carbocycles. The number of nitrogens with zero attached hydrogens (tertiary/aromatic N) is 1. The molecule has 29 heavy (non-hydrogen) atoms.